The minimum absolute atomic E-state index is 0.0765. The fourth-order valence-electron chi connectivity index (χ4n) is 6.07. The molecule has 7 heteroatoms. The van der Waals surface area contributed by atoms with Crippen LogP contribution in [0.2, 0.25) is 18.1 Å². The number of rotatable bonds is 13. The predicted molar refractivity (Wildman–Crippen MR) is 162 cm³/mol. The van der Waals surface area contributed by atoms with Crippen LogP contribution >= 0.6 is 0 Å². The van der Waals surface area contributed by atoms with Crippen LogP contribution in [-0.2, 0) is 13.9 Å². The molecular weight excluding hydrogens is 508 g/mol. The Labute approximate surface area is 241 Å². The zero-order chi connectivity index (χ0) is 29.8. The molecule has 232 valence electrons. The lowest BCUT2D eigenvalue weighted by molar-refractivity contribution is -0.338. The van der Waals surface area contributed by atoms with Crippen LogP contribution < -0.4 is 0 Å². The Morgan fingerprint density at radius 3 is 2.05 bits per heavy atom. The van der Waals surface area contributed by atoms with Crippen LogP contribution in [0, 0.1) is 29.6 Å². The van der Waals surface area contributed by atoms with Crippen molar-refractivity contribution in [3.8, 4) is 0 Å². The summed E-state index contributed by atoms with van der Waals surface area (Å²) in [5.74, 6) is 0.935. The van der Waals surface area contributed by atoms with Gasteiger partial charge in [-0.25, -0.2) is 0 Å². The van der Waals surface area contributed by atoms with E-state index < -0.39 is 20.2 Å². The zero-order valence-corrected chi connectivity index (χ0v) is 28.2. The van der Waals surface area contributed by atoms with Crippen LogP contribution in [-0.4, -0.2) is 66.6 Å². The maximum absolute atomic E-state index is 10.5. The summed E-state index contributed by atoms with van der Waals surface area (Å²) < 4.78 is 20.6. The fraction of sp³-hybridized carbons (Fsp3) is 1.00. The van der Waals surface area contributed by atoms with Gasteiger partial charge in [0.25, 0.3) is 0 Å². The number of aliphatic hydroxyl groups is 3. The van der Waals surface area contributed by atoms with Crippen molar-refractivity contribution in [3.63, 3.8) is 0 Å². The molecule has 3 N–H and O–H groups in total. The molecule has 2 heterocycles. The summed E-state index contributed by atoms with van der Waals surface area (Å²) in [6, 6.07) is 0. The highest BCUT2D eigenvalue weighted by molar-refractivity contribution is 6.74. The quantitative estimate of drug-likeness (QED) is 0.208. The lowest BCUT2D eigenvalue weighted by Crippen LogP contribution is -2.53. The van der Waals surface area contributed by atoms with Crippen LogP contribution in [0.25, 0.3) is 0 Å². The van der Waals surface area contributed by atoms with Gasteiger partial charge in [0.15, 0.2) is 14.1 Å². The van der Waals surface area contributed by atoms with Crippen LogP contribution in [0.15, 0.2) is 0 Å². The molecule has 0 aromatic rings. The molecule has 0 aromatic carbocycles. The van der Waals surface area contributed by atoms with E-state index in [4.69, 9.17) is 13.9 Å². The van der Waals surface area contributed by atoms with Gasteiger partial charge in [-0.2, -0.15) is 0 Å². The Morgan fingerprint density at radius 1 is 0.923 bits per heavy atom. The van der Waals surface area contributed by atoms with Crippen molar-refractivity contribution in [3.05, 3.63) is 0 Å². The highest BCUT2D eigenvalue weighted by atomic mass is 28.4. The monoisotopic (exact) mass is 572 g/mol. The molecule has 0 aliphatic carbocycles. The van der Waals surface area contributed by atoms with Gasteiger partial charge < -0.3 is 29.2 Å². The smallest absolute Gasteiger partial charge is 0.192 e. The first-order chi connectivity index (χ1) is 17.9. The van der Waals surface area contributed by atoms with Crippen molar-refractivity contribution in [2.24, 2.45) is 29.6 Å². The van der Waals surface area contributed by atoms with Crippen LogP contribution in [0.3, 0.4) is 0 Å². The van der Waals surface area contributed by atoms with Gasteiger partial charge in [0.2, 0.25) is 0 Å². The van der Waals surface area contributed by atoms with Crippen molar-refractivity contribution in [2.75, 3.05) is 6.61 Å². The van der Waals surface area contributed by atoms with Gasteiger partial charge in [-0.3, -0.25) is 0 Å². The molecule has 0 amide bonds. The molecule has 2 saturated heterocycles. The van der Waals surface area contributed by atoms with Crippen molar-refractivity contribution >= 4 is 8.32 Å². The van der Waals surface area contributed by atoms with Gasteiger partial charge in [-0.1, -0.05) is 55.4 Å². The predicted octanol–water partition coefficient (Wildman–Crippen LogP) is 6.91. The Hall–Kier alpha value is -0.0231. The topological polar surface area (TPSA) is 88.4 Å². The van der Waals surface area contributed by atoms with Gasteiger partial charge in [-0.15, -0.1) is 0 Å². The molecule has 2 rings (SSSR count). The summed E-state index contributed by atoms with van der Waals surface area (Å²) in [5.41, 5.74) is 0. The second kappa shape index (κ2) is 14.4. The number of ether oxygens (including phenoxy) is 2. The molecule has 0 radical (unpaired) electrons. The Bertz CT molecular complexity index is 720. The molecule has 2 fully saturated rings. The molecule has 0 saturated carbocycles. The first-order valence-corrected chi connectivity index (χ1v) is 18.8. The van der Waals surface area contributed by atoms with Crippen molar-refractivity contribution < 1.29 is 29.2 Å². The lowest BCUT2D eigenvalue weighted by atomic mass is 9.79. The average molecular weight is 573 g/mol. The molecule has 6 nitrogen and oxygen atoms in total. The SMILES string of the molecule is CC(O)[C@@H](C)CC[C@@H]1O[C@@]2(CC[C@H]1C)CC[C@H](C)[C@H]([C@H](C)CC[C@H](O[Si](C)(C)C(C)(C)C)[C@H](C)C(O)CO)O2. The third-order valence-corrected chi connectivity index (χ3v) is 15.2. The van der Waals surface area contributed by atoms with E-state index in [1.165, 1.54) is 0 Å². The molecule has 0 aromatic heterocycles. The fourth-order valence-corrected chi connectivity index (χ4v) is 7.51. The molecule has 0 bridgehead atoms. The van der Waals surface area contributed by atoms with Crippen molar-refractivity contribution in [2.45, 2.75) is 168 Å². The van der Waals surface area contributed by atoms with E-state index in [0.29, 0.717) is 17.8 Å². The number of hydrogen-bond acceptors (Lipinski definition) is 6. The molecule has 2 aliphatic heterocycles. The molecule has 1 spiro atoms. The Morgan fingerprint density at radius 2 is 1.51 bits per heavy atom. The van der Waals surface area contributed by atoms with E-state index in [-0.39, 0.29) is 47.9 Å². The number of hydrogen-bond donors (Lipinski definition) is 3. The maximum atomic E-state index is 10.5. The minimum atomic E-state index is -2.04. The minimum Gasteiger partial charge on any atom is -0.414 e. The molecular formula is C32H64O6Si. The summed E-state index contributed by atoms with van der Waals surface area (Å²) in [5, 5.41) is 30.2. The van der Waals surface area contributed by atoms with E-state index in [1.54, 1.807) is 0 Å². The van der Waals surface area contributed by atoms with Crippen molar-refractivity contribution in [1.29, 1.82) is 0 Å². The average Bonchev–Trinajstić information content (AvgIpc) is 2.86. The van der Waals surface area contributed by atoms with E-state index in [2.05, 4.69) is 61.6 Å². The van der Waals surface area contributed by atoms with Crippen LogP contribution in [0.4, 0.5) is 0 Å². The van der Waals surface area contributed by atoms with Crippen LogP contribution in [0.5, 0.6) is 0 Å². The van der Waals surface area contributed by atoms with Crippen LogP contribution in [0.1, 0.15) is 114 Å². The summed E-state index contributed by atoms with van der Waals surface area (Å²) in [6.07, 6.45) is 6.94. The van der Waals surface area contributed by atoms with Gasteiger partial charge in [0.05, 0.1) is 37.1 Å². The maximum Gasteiger partial charge on any atom is 0.192 e. The highest BCUT2D eigenvalue weighted by Crippen LogP contribution is 2.46. The van der Waals surface area contributed by atoms with E-state index in [9.17, 15) is 15.3 Å². The molecule has 39 heavy (non-hydrogen) atoms. The Balaban J connectivity index is 2.09. The first kappa shape index (κ1) is 35.2. The highest BCUT2D eigenvalue weighted by Gasteiger charge is 2.48. The number of aliphatic hydroxyl groups excluding tert-OH is 3. The third kappa shape index (κ3) is 9.49. The molecule has 2 aliphatic rings. The summed E-state index contributed by atoms with van der Waals surface area (Å²) >= 11 is 0. The van der Waals surface area contributed by atoms with Gasteiger partial charge in [0.1, 0.15) is 0 Å². The Kier molecular flexibility index (Phi) is 13.0. The standard InChI is InChI=1S/C32H64O6Si/c1-21(26(6)34)12-14-28-22(2)16-18-32(36-28)19-17-24(4)30(37-32)23(3)13-15-29(25(5)27(35)20-33)38-39(10,11)31(7,8)9/h21-30,33-35H,12-20H2,1-11H3/t21-,22+,23+,24-,25+,26?,27?,28-,29-,30-,32+/m0/s1. The first-order valence-electron chi connectivity index (χ1n) is 15.9. The molecule has 11 atom stereocenters. The lowest BCUT2D eigenvalue weighted by Gasteiger charge is -2.51. The largest absolute Gasteiger partial charge is 0.414 e. The van der Waals surface area contributed by atoms with E-state index in [0.717, 1.165) is 51.4 Å². The zero-order valence-electron chi connectivity index (χ0n) is 27.2. The second-order valence-electron chi connectivity index (χ2n) is 15.1. The molecule has 2 unspecified atom stereocenters. The van der Waals surface area contributed by atoms with E-state index in [1.807, 2.05) is 13.8 Å². The third-order valence-electron chi connectivity index (χ3n) is 10.7. The van der Waals surface area contributed by atoms with Gasteiger partial charge >= 0.3 is 0 Å². The summed E-state index contributed by atoms with van der Waals surface area (Å²) in [4.78, 5) is 0. The van der Waals surface area contributed by atoms with Gasteiger partial charge in [-0.05, 0) is 87.3 Å². The summed E-state index contributed by atoms with van der Waals surface area (Å²) in [7, 11) is -2.04. The van der Waals surface area contributed by atoms with Gasteiger partial charge in [0, 0.05) is 18.8 Å². The van der Waals surface area contributed by atoms with Crippen molar-refractivity contribution in [1.82, 2.24) is 0 Å². The summed E-state index contributed by atoms with van der Waals surface area (Å²) in [6.45, 7) is 23.9. The second-order valence-corrected chi connectivity index (χ2v) is 19.8. The normalized spacial score (nSPS) is 33.4. The van der Waals surface area contributed by atoms with E-state index >= 15 is 0 Å².